The van der Waals surface area contributed by atoms with Gasteiger partial charge in [0.1, 0.15) is 5.75 Å². The highest BCUT2D eigenvalue weighted by Crippen LogP contribution is 2.48. The summed E-state index contributed by atoms with van der Waals surface area (Å²) in [6, 6.07) is 20.5. The van der Waals surface area contributed by atoms with Crippen LogP contribution in [-0.2, 0) is 0 Å². The second-order valence-corrected chi connectivity index (χ2v) is 34.3. The van der Waals surface area contributed by atoms with Crippen LogP contribution in [-0.4, -0.2) is 117 Å². The number of aldehydes is 2. The van der Waals surface area contributed by atoms with Gasteiger partial charge in [0.2, 0.25) is 11.5 Å². The maximum atomic E-state index is 10.4. The number of methoxy groups -OCH3 is 7. The molecule has 0 saturated heterocycles. The van der Waals surface area contributed by atoms with Crippen LogP contribution in [0.15, 0.2) is 90.7 Å². The smallest absolute Gasteiger partial charge is 0.250 e. The van der Waals surface area contributed by atoms with Gasteiger partial charge in [0.25, 0.3) is 16.6 Å². The number of hydrogen-bond donors (Lipinski definition) is 6. The Bertz CT molecular complexity index is 3230. The predicted molar refractivity (Wildman–Crippen MR) is 370 cm³/mol. The van der Waals surface area contributed by atoms with E-state index in [4.69, 9.17) is 57.3 Å². The molecule has 0 radical (unpaired) electrons. The number of halogens is 4. The molecule has 17 nitrogen and oxygen atoms in total. The van der Waals surface area contributed by atoms with Crippen LogP contribution < -0.4 is 42.0 Å². The minimum Gasteiger partial charge on any atom is -0.541 e. The lowest BCUT2D eigenvalue weighted by Gasteiger charge is -2.40. The Kier molecular flexibility index (Phi) is 33.6. The molecule has 0 aliphatic carbocycles. The maximum absolute atomic E-state index is 10.4. The van der Waals surface area contributed by atoms with Crippen molar-refractivity contribution in [2.24, 2.45) is 0 Å². The van der Waals surface area contributed by atoms with Gasteiger partial charge in [-0.15, -0.1) is 0 Å². The number of carbonyl (C=O) groups excluding carboxylic acids is 2. The van der Waals surface area contributed by atoms with Crippen molar-refractivity contribution in [1.82, 2.24) is 0 Å². The van der Waals surface area contributed by atoms with Crippen molar-refractivity contribution in [2.45, 2.75) is 92.7 Å². The number of rotatable bonds is 17. The topological polar surface area (TPSA) is 239 Å². The van der Waals surface area contributed by atoms with E-state index in [0.717, 1.165) is 39.8 Å². The van der Waals surface area contributed by atoms with Gasteiger partial charge in [-0.25, -0.2) is 0 Å². The predicted octanol–water partition coefficient (Wildman–Crippen LogP) is 18.0. The SMILES string of the molecule is C.C.CO.COc1cc(/C=C\c2cc(Br)cc(O)c2O)cc(OC)c1OC.COc1cc(/C=C\c2cc(Br)cc(O[Si](C)(C)C(C)(C)C)c2O[Si](C)(C)C(C)(C)C)cc(OC)c1OC.COc1cc(Br)cc(C=O)c1O.O=Cc1cc(Br)cc(O)c1O. The van der Waals surface area contributed by atoms with Crippen molar-refractivity contribution < 1.29 is 82.2 Å². The Morgan fingerprint density at radius 2 is 0.667 bits per heavy atom. The number of benzene rings is 6. The van der Waals surface area contributed by atoms with Gasteiger partial charge in [-0.3, -0.25) is 9.59 Å². The van der Waals surface area contributed by atoms with Crippen molar-refractivity contribution in [3.05, 3.63) is 124 Å². The first-order valence-corrected chi connectivity index (χ1v) is 34.7. The van der Waals surface area contributed by atoms with Crippen LogP contribution in [0.2, 0.25) is 36.3 Å². The lowest BCUT2D eigenvalue weighted by Crippen LogP contribution is -2.46. The van der Waals surface area contributed by atoms with E-state index in [1.165, 1.54) is 38.5 Å². The normalized spacial score (nSPS) is 11.0. The first kappa shape index (κ1) is 80.7. The van der Waals surface area contributed by atoms with Crippen LogP contribution in [0.1, 0.15) is 99.4 Å². The number of ether oxygens (including phenoxy) is 7. The molecular formula is C64H86Br4O17Si2. The summed E-state index contributed by atoms with van der Waals surface area (Å²) in [7, 11) is 7.61. The molecular weight excluding hydrogens is 1420 g/mol. The molecule has 0 unspecified atom stereocenters. The number of aromatic hydroxyl groups is 5. The summed E-state index contributed by atoms with van der Waals surface area (Å²) in [6.45, 7) is 22.5. The maximum Gasteiger partial charge on any atom is 0.250 e. The van der Waals surface area contributed by atoms with E-state index < -0.39 is 16.6 Å². The fraction of sp³-hybridized carbons (Fsp3) is 0.344. The second kappa shape index (κ2) is 36.2. The number of hydrogen-bond acceptors (Lipinski definition) is 17. The molecule has 0 aliphatic rings. The van der Waals surface area contributed by atoms with Crippen LogP contribution >= 0.6 is 63.7 Å². The molecule has 480 valence electrons. The molecule has 6 aromatic rings. The van der Waals surface area contributed by atoms with E-state index in [2.05, 4.69) is 144 Å². The standard InChI is InChI=1S/C29H45BrO5Si2.C17H17BrO5.C8H7BrO3.C7H5BrO3.CH4O.2CH4/c1-28(2,3)36(10,11)34-25-19-22(30)18-21(26(25)35-37(12,13)29(4,5)6)15-14-20-16-23(31-7)27(33-9)24(17-20)32-8;1-21-14-6-10(7-15(22-2)17(14)23-3)4-5-11-8-12(18)9-13(19)16(11)20;1-12-7-3-6(9)2-5(4-10)8(7)11;8-5-1-4(3-9)7(11)6(10)2-5;1-2;;/h14-19H,1-13H3;4-9,19-20H,1-3H3;2-4,11H,1H3;1-3,10-11H;2H,1H3;2*1H4/b15-14-;5-4-;;;;;. The summed E-state index contributed by atoms with van der Waals surface area (Å²) in [6.07, 6.45) is 8.58. The first-order chi connectivity index (χ1) is 39.7. The number of aliphatic hydroxyl groups excluding tert-OH is 1. The van der Waals surface area contributed by atoms with E-state index in [1.54, 1.807) is 72.0 Å². The lowest BCUT2D eigenvalue weighted by molar-refractivity contribution is 0.111. The average molecular weight is 1500 g/mol. The molecule has 6 N–H and O–H groups in total. The summed E-state index contributed by atoms with van der Waals surface area (Å²) in [4.78, 5) is 20.7. The summed E-state index contributed by atoms with van der Waals surface area (Å²) < 4.78 is 53.9. The van der Waals surface area contributed by atoms with Crippen LogP contribution in [0.25, 0.3) is 24.3 Å². The van der Waals surface area contributed by atoms with E-state index in [-0.39, 0.29) is 70.6 Å². The fourth-order valence-electron chi connectivity index (χ4n) is 6.77. The highest BCUT2D eigenvalue weighted by molar-refractivity contribution is 9.11. The van der Waals surface area contributed by atoms with Gasteiger partial charge in [-0.1, -0.05) is 144 Å². The minimum atomic E-state index is -2.17. The van der Waals surface area contributed by atoms with Crippen LogP contribution in [0, 0.1) is 0 Å². The average Bonchev–Trinajstić information content (AvgIpc) is 1.25. The van der Waals surface area contributed by atoms with Crippen molar-refractivity contribution in [2.75, 3.05) is 56.9 Å². The second-order valence-electron chi connectivity index (χ2n) is 21.1. The molecule has 0 bridgehead atoms. The number of phenols is 5. The Morgan fingerprint density at radius 3 is 1.01 bits per heavy atom. The minimum absolute atomic E-state index is 0. The summed E-state index contributed by atoms with van der Waals surface area (Å²) >= 11 is 13.2. The summed E-state index contributed by atoms with van der Waals surface area (Å²) in [5, 5.41) is 53.9. The van der Waals surface area contributed by atoms with E-state index in [0.29, 0.717) is 66.1 Å². The molecule has 0 saturated carbocycles. The van der Waals surface area contributed by atoms with Gasteiger partial charge in [0.15, 0.2) is 75.8 Å². The molecule has 0 atom stereocenters. The zero-order valence-corrected chi connectivity index (χ0v) is 59.4. The molecule has 6 rings (SSSR count). The largest absolute Gasteiger partial charge is 0.541 e. The van der Waals surface area contributed by atoms with Crippen molar-refractivity contribution in [3.63, 3.8) is 0 Å². The molecule has 23 heteroatoms. The third kappa shape index (κ3) is 22.6. The van der Waals surface area contributed by atoms with Crippen LogP contribution in [0.5, 0.6) is 80.5 Å². The van der Waals surface area contributed by atoms with Gasteiger partial charge >= 0.3 is 0 Å². The van der Waals surface area contributed by atoms with Crippen molar-refractivity contribution in [3.8, 4) is 80.5 Å². The molecule has 0 aliphatic heterocycles. The molecule has 87 heavy (non-hydrogen) atoms. The quantitative estimate of drug-likeness (QED) is 0.0215. The zero-order valence-electron chi connectivity index (χ0n) is 51.1. The van der Waals surface area contributed by atoms with E-state index in [1.807, 2.05) is 24.3 Å². The van der Waals surface area contributed by atoms with Gasteiger partial charge in [-0.05, 0) is 120 Å². The summed E-state index contributed by atoms with van der Waals surface area (Å²) in [5.41, 5.74) is 3.41. The Labute approximate surface area is 549 Å². The zero-order chi connectivity index (χ0) is 64.9. The van der Waals surface area contributed by atoms with Crippen LogP contribution in [0.3, 0.4) is 0 Å². The Morgan fingerprint density at radius 1 is 0.368 bits per heavy atom. The summed E-state index contributed by atoms with van der Waals surface area (Å²) in [5.74, 6) is 4.03. The lowest BCUT2D eigenvalue weighted by atomic mass is 10.1. The van der Waals surface area contributed by atoms with Gasteiger partial charge < -0.3 is 72.6 Å². The molecule has 0 amide bonds. The first-order valence-electron chi connectivity index (χ1n) is 25.7. The van der Waals surface area contributed by atoms with Crippen LogP contribution in [0.4, 0.5) is 0 Å². The van der Waals surface area contributed by atoms with Gasteiger partial charge in [0, 0.05) is 36.1 Å². The highest BCUT2D eigenvalue weighted by atomic mass is 79.9. The Balaban J connectivity index is 0.00000125. The molecule has 0 aromatic heterocycles. The monoisotopic (exact) mass is 1500 g/mol. The third-order valence-corrected chi connectivity index (χ3v) is 23.9. The molecule has 6 aromatic carbocycles. The highest BCUT2D eigenvalue weighted by Gasteiger charge is 2.43. The van der Waals surface area contributed by atoms with Crippen molar-refractivity contribution in [1.29, 1.82) is 0 Å². The molecule has 0 heterocycles. The number of carbonyl (C=O) groups is 2. The number of phenolic OH excluding ortho intramolecular Hbond substituents is 5. The van der Waals surface area contributed by atoms with E-state index in [9.17, 15) is 24.9 Å². The van der Waals surface area contributed by atoms with E-state index >= 15 is 0 Å². The Hall–Kier alpha value is -6.35. The van der Waals surface area contributed by atoms with Crippen molar-refractivity contribution >= 4 is 117 Å². The van der Waals surface area contributed by atoms with Gasteiger partial charge in [0.05, 0.1) is 60.9 Å². The third-order valence-electron chi connectivity index (χ3n) is 13.4. The van der Waals surface area contributed by atoms with Gasteiger partial charge in [-0.2, -0.15) is 0 Å². The molecule has 0 fully saturated rings. The fourth-order valence-corrected chi connectivity index (χ4v) is 10.6. The number of aliphatic hydroxyl groups is 1. The molecule has 0 spiro atoms.